The summed E-state index contributed by atoms with van der Waals surface area (Å²) in [4.78, 5) is 35.9. The molecule has 0 radical (unpaired) electrons. The third kappa shape index (κ3) is 5.72. The first-order chi connectivity index (χ1) is 12.9. The number of esters is 1. The summed E-state index contributed by atoms with van der Waals surface area (Å²) in [5, 5.41) is 5.38. The molecule has 142 valence electrons. The third-order valence-electron chi connectivity index (χ3n) is 3.44. The average Bonchev–Trinajstić information content (AvgIpc) is 2.64. The molecule has 0 atom stereocenters. The molecular formula is C19H19ClN2O5. The predicted molar refractivity (Wildman–Crippen MR) is 102 cm³/mol. The molecule has 0 fully saturated rings. The van der Waals surface area contributed by atoms with E-state index in [-0.39, 0.29) is 16.3 Å². The fourth-order valence-electron chi connectivity index (χ4n) is 2.25. The second kappa shape index (κ2) is 9.59. The van der Waals surface area contributed by atoms with E-state index in [1.54, 1.807) is 24.3 Å². The molecule has 0 aliphatic heterocycles. The number of ether oxygens (including phenoxy) is 2. The molecule has 2 rings (SSSR count). The summed E-state index contributed by atoms with van der Waals surface area (Å²) in [6, 6.07) is 11.2. The Kier molecular flexibility index (Phi) is 7.19. The molecule has 0 aromatic heterocycles. The van der Waals surface area contributed by atoms with E-state index in [0.29, 0.717) is 18.0 Å². The van der Waals surface area contributed by atoms with Crippen molar-refractivity contribution >= 4 is 40.8 Å². The van der Waals surface area contributed by atoms with Crippen molar-refractivity contribution in [3.05, 3.63) is 53.1 Å². The van der Waals surface area contributed by atoms with Crippen LogP contribution in [0.5, 0.6) is 5.75 Å². The number of benzene rings is 2. The molecule has 0 aliphatic rings. The molecule has 0 unspecified atom stereocenters. The summed E-state index contributed by atoms with van der Waals surface area (Å²) in [6.07, 6.45) is -0.431. The highest BCUT2D eigenvalue weighted by molar-refractivity contribution is 6.34. The predicted octanol–water partition coefficient (Wildman–Crippen LogP) is 3.49. The molecular weight excluding hydrogens is 372 g/mol. The minimum absolute atomic E-state index is 0.215. The second-order valence-corrected chi connectivity index (χ2v) is 5.80. The molecule has 2 amide bonds. The van der Waals surface area contributed by atoms with Gasteiger partial charge in [-0.15, -0.1) is 0 Å². The molecule has 7 nitrogen and oxygen atoms in total. The van der Waals surface area contributed by atoms with Crippen molar-refractivity contribution in [3.8, 4) is 5.75 Å². The molecule has 2 aromatic carbocycles. The van der Waals surface area contributed by atoms with Gasteiger partial charge >= 0.3 is 5.97 Å². The van der Waals surface area contributed by atoms with Crippen LogP contribution in [0, 0.1) is 0 Å². The number of carbonyl (C=O) groups excluding carboxylic acids is 3. The van der Waals surface area contributed by atoms with Gasteiger partial charge in [0.2, 0.25) is 11.8 Å². The van der Waals surface area contributed by atoms with Crippen molar-refractivity contribution in [1.29, 1.82) is 0 Å². The minimum Gasteiger partial charge on any atom is -0.492 e. The number of anilines is 2. The van der Waals surface area contributed by atoms with Crippen LogP contribution in [0.1, 0.15) is 23.7 Å². The number of carbonyl (C=O) groups is 3. The Balaban J connectivity index is 2.02. The zero-order chi connectivity index (χ0) is 19.8. The summed E-state index contributed by atoms with van der Waals surface area (Å²) >= 11 is 6.03. The van der Waals surface area contributed by atoms with E-state index in [1.807, 2.05) is 6.92 Å². The second-order valence-electron chi connectivity index (χ2n) is 5.39. The van der Waals surface area contributed by atoms with E-state index in [0.717, 1.165) is 0 Å². The van der Waals surface area contributed by atoms with Crippen LogP contribution in [0.15, 0.2) is 42.5 Å². The Labute approximate surface area is 161 Å². The van der Waals surface area contributed by atoms with E-state index in [9.17, 15) is 14.4 Å². The van der Waals surface area contributed by atoms with Crippen LogP contribution in [0.25, 0.3) is 0 Å². The summed E-state index contributed by atoms with van der Waals surface area (Å²) in [5.74, 6) is -1.14. The van der Waals surface area contributed by atoms with Crippen LogP contribution >= 0.6 is 11.6 Å². The van der Waals surface area contributed by atoms with Gasteiger partial charge in [0.15, 0.2) is 0 Å². The lowest BCUT2D eigenvalue weighted by atomic mass is 10.2. The first-order valence-electron chi connectivity index (χ1n) is 8.14. The number of methoxy groups -OCH3 is 1. The lowest BCUT2D eigenvalue weighted by Gasteiger charge is -2.12. The van der Waals surface area contributed by atoms with Gasteiger partial charge in [-0.1, -0.05) is 23.7 Å². The third-order valence-corrected chi connectivity index (χ3v) is 3.77. The number of rotatable bonds is 7. The molecule has 0 saturated carbocycles. The molecule has 2 aromatic rings. The van der Waals surface area contributed by atoms with Gasteiger partial charge in [0.05, 0.1) is 35.7 Å². The SMILES string of the molecule is CCOc1ccccc1NC(=O)CC(=O)Nc1cc(C(=O)OC)ccc1Cl. The maximum absolute atomic E-state index is 12.1. The van der Waals surface area contributed by atoms with Gasteiger partial charge in [0.1, 0.15) is 12.2 Å². The van der Waals surface area contributed by atoms with Crippen LogP contribution in [-0.4, -0.2) is 31.5 Å². The van der Waals surface area contributed by atoms with E-state index in [2.05, 4.69) is 15.4 Å². The highest BCUT2D eigenvalue weighted by Crippen LogP contribution is 2.25. The Morgan fingerprint density at radius 1 is 1.00 bits per heavy atom. The van der Waals surface area contributed by atoms with Gasteiger partial charge in [-0.3, -0.25) is 9.59 Å². The summed E-state index contributed by atoms with van der Waals surface area (Å²) < 4.78 is 10.1. The van der Waals surface area contributed by atoms with Crippen molar-refractivity contribution in [1.82, 2.24) is 0 Å². The smallest absolute Gasteiger partial charge is 0.337 e. The van der Waals surface area contributed by atoms with E-state index in [1.165, 1.54) is 25.3 Å². The van der Waals surface area contributed by atoms with Crippen molar-refractivity contribution in [2.24, 2.45) is 0 Å². The minimum atomic E-state index is -0.578. The fraction of sp³-hybridized carbons (Fsp3) is 0.211. The van der Waals surface area contributed by atoms with Crippen LogP contribution < -0.4 is 15.4 Å². The van der Waals surface area contributed by atoms with Crippen molar-refractivity contribution in [3.63, 3.8) is 0 Å². The van der Waals surface area contributed by atoms with E-state index < -0.39 is 24.2 Å². The number of hydrogen-bond acceptors (Lipinski definition) is 5. The first-order valence-corrected chi connectivity index (χ1v) is 8.51. The van der Waals surface area contributed by atoms with Gasteiger partial charge in [-0.25, -0.2) is 4.79 Å². The normalized spacial score (nSPS) is 10.0. The average molecular weight is 391 g/mol. The van der Waals surface area contributed by atoms with E-state index in [4.69, 9.17) is 16.3 Å². The maximum Gasteiger partial charge on any atom is 0.337 e. The molecule has 0 spiro atoms. The van der Waals surface area contributed by atoms with Gasteiger partial charge in [0, 0.05) is 0 Å². The monoisotopic (exact) mass is 390 g/mol. The lowest BCUT2D eigenvalue weighted by molar-refractivity contribution is -0.123. The molecule has 0 saturated heterocycles. The molecule has 2 N–H and O–H groups in total. The van der Waals surface area contributed by atoms with Gasteiger partial charge < -0.3 is 20.1 Å². The van der Waals surface area contributed by atoms with Crippen LogP contribution in [0.3, 0.4) is 0 Å². The Morgan fingerprint density at radius 2 is 1.67 bits per heavy atom. The highest BCUT2D eigenvalue weighted by atomic mass is 35.5. The molecule has 0 bridgehead atoms. The standard InChI is InChI=1S/C19H19ClN2O5/c1-3-27-16-7-5-4-6-14(16)21-17(23)11-18(24)22-15-10-12(19(25)26-2)8-9-13(15)20/h4-10H,3,11H2,1-2H3,(H,21,23)(H,22,24). The quantitative estimate of drug-likeness (QED) is 0.557. The summed E-state index contributed by atoms with van der Waals surface area (Å²) in [7, 11) is 1.25. The van der Waals surface area contributed by atoms with Crippen LogP contribution in [0.2, 0.25) is 5.02 Å². The number of para-hydroxylation sites is 2. The van der Waals surface area contributed by atoms with Crippen LogP contribution in [-0.2, 0) is 14.3 Å². The van der Waals surface area contributed by atoms with Crippen LogP contribution in [0.4, 0.5) is 11.4 Å². The molecule has 0 heterocycles. The van der Waals surface area contributed by atoms with E-state index >= 15 is 0 Å². The summed E-state index contributed by atoms with van der Waals surface area (Å²) in [5.41, 5.74) is 0.919. The molecule has 0 aliphatic carbocycles. The summed E-state index contributed by atoms with van der Waals surface area (Å²) in [6.45, 7) is 2.28. The number of hydrogen-bond donors (Lipinski definition) is 2. The number of halogens is 1. The Morgan fingerprint density at radius 3 is 2.33 bits per heavy atom. The Bertz CT molecular complexity index is 854. The van der Waals surface area contributed by atoms with Crippen molar-refractivity contribution in [2.45, 2.75) is 13.3 Å². The van der Waals surface area contributed by atoms with Gasteiger partial charge in [0.25, 0.3) is 0 Å². The maximum atomic E-state index is 12.1. The first kappa shape index (κ1) is 20.3. The highest BCUT2D eigenvalue weighted by Gasteiger charge is 2.15. The zero-order valence-corrected chi connectivity index (χ0v) is 15.6. The van der Waals surface area contributed by atoms with Gasteiger partial charge in [-0.2, -0.15) is 0 Å². The fourth-order valence-corrected chi connectivity index (χ4v) is 2.42. The molecule has 27 heavy (non-hydrogen) atoms. The van der Waals surface area contributed by atoms with Crippen molar-refractivity contribution < 1.29 is 23.9 Å². The van der Waals surface area contributed by atoms with Gasteiger partial charge in [-0.05, 0) is 37.3 Å². The Hall–Kier alpha value is -3.06. The van der Waals surface area contributed by atoms with Crippen molar-refractivity contribution in [2.75, 3.05) is 24.4 Å². The topological polar surface area (TPSA) is 93.7 Å². The largest absolute Gasteiger partial charge is 0.492 e. The lowest BCUT2D eigenvalue weighted by Crippen LogP contribution is -2.22. The number of amides is 2. The zero-order valence-electron chi connectivity index (χ0n) is 14.9. The number of nitrogens with one attached hydrogen (secondary N) is 2. The molecule has 8 heteroatoms.